The van der Waals surface area contributed by atoms with E-state index in [2.05, 4.69) is 14.5 Å². The molecule has 12 heteroatoms. The van der Waals surface area contributed by atoms with Crippen LogP contribution in [-0.2, 0) is 15.0 Å². The minimum atomic E-state index is -3.85. The number of fused-ring (bicyclic) bond motifs is 1. The number of likely N-dealkylation sites (N-methyl/N-ethyl adjacent to an activating group) is 1. The number of nitrogens with zero attached hydrogens (tertiary/aromatic N) is 2. The fourth-order valence-electron chi connectivity index (χ4n) is 4.81. The summed E-state index contributed by atoms with van der Waals surface area (Å²) in [5.74, 6) is -2.03. The average Bonchev–Trinajstić information content (AvgIpc) is 3.26. The molecule has 2 heterocycles. The van der Waals surface area contributed by atoms with Crippen LogP contribution in [0.2, 0.25) is 0 Å². The highest BCUT2D eigenvalue weighted by Crippen LogP contribution is 2.48. The predicted octanol–water partition coefficient (Wildman–Crippen LogP) is 2.82. The zero-order valence-electron chi connectivity index (χ0n) is 18.8. The van der Waals surface area contributed by atoms with E-state index in [0.29, 0.717) is 29.5 Å². The molecule has 0 unspecified atom stereocenters. The van der Waals surface area contributed by atoms with Gasteiger partial charge in [-0.2, -0.15) is 8.42 Å². The zero-order chi connectivity index (χ0) is 24.9. The maximum absolute atomic E-state index is 14.5. The van der Waals surface area contributed by atoms with Crippen LogP contribution in [0.3, 0.4) is 0 Å². The van der Waals surface area contributed by atoms with Gasteiger partial charge in [0.05, 0.1) is 24.4 Å². The minimum absolute atomic E-state index is 0.0175. The molecule has 5 rings (SSSR count). The van der Waals surface area contributed by atoms with Gasteiger partial charge in [0.1, 0.15) is 17.5 Å². The Morgan fingerprint density at radius 3 is 2.46 bits per heavy atom. The van der Waals surface area contributed by atoms with E-state index in [1.807, 2.05) is 0 Å². The molecule has 0 spiro atoms. The van der Waals surface area contributed by atoms with Crippen molar-refractivity contribution >= 4 is 27.0 Å². The normalized spacial score (nSPS) is 21.1. The van der Waals surface area contributed by atoms with E-state index < -0.39 is 27.7 Å². The standard InChI is InChI=1S/C23H24F3N5O3S/c1-30-12-31(11-20(30)32)29-35(33,34)27-10-13-6-15(7-13)21-18-8-17(25)9-19(26)23(18)28-22(21)14-2-4-16(24)5-3-14/h2-5,8-9,13,15,27-29H,6-7,10-12H2,1H3/t13-,15-. The summed E-state index contributed by atoms with van der Waals surface area (Å²) in [5.41, 5.74) is 2.16. The molecule has 8 nitrogen and oxygen atoms in total. The second kappa shape index (κ2) is 8.94. The van der Waals surface area contributed by atoms with Crippen molar-refractivity contribution in [3.05, 3.63) is 59.4 Å². The first-order valence-electron chi connectivity index (χ1n) is 11.1. The van der Waals surface area contributed by atoms with Crippen LogP contribution in [0.25, 0.3) is 22.2 Å². The number of benzene rings is 2. The van der Waals surface area contributed by atoms with Crippen LogP contribution in [-0.4, -0.2) is 56.0 Å². The molecular formula is C23H24F3N5O3S. The number of rotatable bonds is 7. The Bertz CT molecular complexity index is 1390. The SMILES string of the molecule is CN1CN(NS(=O)(=O)NC[C@H]2C[C@H](c3c(-c4ccc(F)cc4)[nH]c4c(F)cc(F)cc43)C2)CC1=O. The molecule has 186 valence electrons. The first kappa shape index (κ1) is 23.8. The number of halogens is 3. The van der Waals surface area contributed by atoms with E-state index in [1.54, 1.807) is 19.2 Å². The molecule has 3 aromatic rings. The summed E-state index contributed by atoms with van der Waals surface area (Å²) in [4.78, 5) is 18.4. The number of carbonyl (C=O) groups excluding carboxylic acids is 1. The van der Waals surface area contributed by atoms with Crippen LogP contribution in [0, 0.1) is 23.4 Å². The maximum atomic E-state index is 14.5. The average molecular weight is 508 g/mol. The lowest BCUT2D eigenvalue weighted by Crippen LogP contribution is -2.48. The van der Waals surface area contributed by atoms with E-state index in [0.717, 1.165) is 11.6 Å². The van der Waals surface area contributed by atoms with Crippen molar-refractivity contribution < 1.29 is 26.4 Å². The van der Waals surface area contributed by atoms with E-state index in [4.69, 9.17) is 0 Å². The number of aromatic amines is 1. The van der Waals surface area contributed by atoms with Crippen LogP contribution in [0.5, 0.6) is 0 Å². The summed E-state index contributed by atoms with van der Waals surface area (Å²) < 4.78 is 69.2. The van der Waals surface area contributed by atoms with Gasteiger partial charge in [-0.1, -0.05) is 0 Å². The van der Waals surface area contributed by atoms with E-state index >= 15 is 0 Å². The minimum Gasteiger partial charge on any atom is -0.352 e. The van der Waals surface area contributed by atoms with Crippen molar-refractivity contribution in [1.29, 1.82) is 0 Å². The molecule has 1 saturated heterocycles. The lowest BCUT2D eigenvalue weighted by molar-refractivity contribution is -0.125. The fourth-order valence-corrected chi connectivity index (χ4v) is 5.79. The maximum Gasteiger partial charge on any atom is 0.290 e. The van der Waals surface area contributed by atoms with E-state index in [1.165, 1.54) is 28.1 Å². The topological polar surface area (TPSA) is 97.5 Å². The van der Waals surface area contributed by atoms with Crippen LogP contribution < -0.4 is 9.55 Å². The molecule has 3 N–H and O–H groups in total. The van der Waals surface area contributed by atoms with Crippen LogP contribution in [0.15, 0.2) is 36.4 Å². The Morgan fingerprint density at radius 1 is 1.09 bits per heavy atom. The highest BCUT2D eigenvalue weighted by molar-refractivity contribution is 7.87. The van der Waals surface area contributed by atoms with Gasteiger partial charge in [-0.15, -0.1) is 4.83 Å². The molecule has 1 aromatic heterocycles. The third kappa shape index (κ3) is 4.79. The summed E-state index contributed by atoms with van der Waals surface area (Å²) in [6.07, 6.45) is 1.21. The molecule has 0 bridgehead atoms. The van der Waals surface area contributed by atoms with Crippen molar-refractivity contribution in [3.63, 3.8) is 0 Å². The van der Waals surface area contributed by atoms with E-state index in [9.17, 15) is 26.4 Å². The second-order valence-electron chi connectivity index (χ2n) is 9.14. The van der Waals surface area contributed by atoms with Gasteiger partial charge in [-0.3, -0.25) is 4.79 Å². The molecule has 2 fully saturated rings. The monoisotopic (exact) mass is 507 g/mol. The van der Waals surface area contributed by atoms with Gasteiger partial charge in [-0.25, -0.2) is 22.9 Å². The molecule has 2 aromatic carbocycles. The molecule has 2 aliphatic rings. The highest BCUT2D eigenvalue weighted by Gasteiger charge is 2.36. The number of amides is 1. The van der Waals surface area contributed by atoms with Gasteiger partial charge < -0.3 is 9.88 Å². The molecule has 0 atom stereocenters. The van der Waals surface area contributed by atoms with Gasteiger partial charge in [0, 0.05) is 25.0 Å². The number of hydrazine groups is 1. The Balaban J connectivity index is 1.31. The largest absolute Gasteiger partial charge is 0.352 e. The summed E-state index contributed by atoms with van der Waals surface area (Å²) in [6.45, 7) is 0.300. The molecule has 1 amide bonds. The third-order valence-corrected chi connectivity index (χ3v) is 7.63. The Labute approximate surface area is 200 Å². The number of carbonyl (C=O) groups is 1. The summed E-state index contributed by atoms with van der Waals surface area (Å²) in [6, 6.07) is 7.86. The Hall–Kier alpha value is -2.93. The number of hydrogen-bond donors (Lipinski definition) is 3. The molecular weight excluding hydrogens is 483 g/mol. The van der Waals surface area contributed by atoms with Crippen LogP contribution in [0.1, 0.15) is 24.3 Å². The van der Waals surface area contributed by atoms with Gasteiger partial charge >= 0.3 is 0 Å². The quantitative estimate of drug-likeness (QED) is 0.458. The van der Waals surface area contributed by atoms with Gasteiger partial charge in [0.2, 0.25) is 5.91 Å². The summed E-state index contributed by atoms with van der Waals surface area (Å²) >= 11 is 0. The number of nitrogens with one attached hydrogen (secondary N) is 3. The van der Waals surface area contributed by atoms with Crippen LogP contribution in [0.4, 0.5) is 13.2 Å². The highest BCUT2D eigenvalue weighted by atomic mass is 32.2. The Morgan fingerprint density at radius 2 is 1.80 bits per heavy atom. The first-order valence-corrected chi connectivity index (χ1v) is 12.6. The van der Waals surface area contributed by atoms with Crippen molar-refractivity contribution in [2.24, 2.45) is 5.92 Å². The lowest BCUT2D eigenvalue weighted by atomic mass is 9.70. The smallest absolute Gasteiger partial charge is 0.290 e. The predicted molar refractivity (Wildman–Crippen MR) is 123 cm³/mol. The lowest BCUT2D eigenvalue weighted by Gasteiger charge is -2.36. The van der Waals surface area contributed by atoms with Gasteiger partial charge in [0.15, 0.2) is 0 Å². The number of hydrogen-bond acceptors (Lipinski definition) is 4. The van der Waals surface area contributed by atoms with Crippen molar-refractivity contribution in [2.45, 2.75) is 18.8 Å². The van der Waals surface area contributed by atoms with Crippen molar-refractivity contribution in [3.8, 4) is 11.3 Å². The number of aromatic nitrogens is 1. The van der Waals surface area contributed by atoms with E-state index in [-0.39, 0.29) is 43.0 Å². The number of H-pyrrole nitrogens is 1. The first-order chi connectivity index (χ1) is 16.6. The molecule has 1 aliphatic heterocycles. The van der Waals surface area contributed by atoms with Crippen molar-refractivity contribution in [1.82, 2.24) is 24.4 Å². The van der Waals surface area contributed by atoms with Gasteiger partial charge in [0.25, 0.3) is 10.2 Å². The molecule has 0 radical (unpaired) electrons. The van der Waals surface area contributed by atoms with Crippen molar-refractivity contribution in [2.75, 3.05) is 26.8 Å². The molecule has 1 aliphatic carbocycles. The second-order valence-corrected chi connectivity index (χ2v) is 10.6. The molecule has 35 heavy (non-hydrogen) atoms. The van der Waals surface area contributed by atoms with Crippen LogP contribution >= 0.6 is 0 Å². The third-order valence-electron chi connectivity index (χ3n) is 6.59. The fraction of sp³-hybridized carbons (Fsp3) is 0.348. The summed E-state index contributed by atoms with van der Waals surface area (Å²) in [7, 11) is -2.26. The van der Waals surface area contributed by atoms with Gasteiger partial charge in [-0.05, 0) is 66.1 Å². The molecule has 1 saturated carbocycles. The zero-order valence-corrected chi connectivity index (χ0v) is 19.6. The Kier molecular flexibility index (Phi) is 6.08. The summed E-state index contributed by atoms with van der Waals surface area (Å²) in [5, 5.41) is 1.73.